The van der Waals surface area contributed by atoms with E-state index in [0.717, 1.165) is 18.4 Å². The van der Waals surface area contributed by atoms with E-state index in [9.17, 15) is 8.42 Å². The van der Waals surface area contributed by atoms with Crippen molar-refractivity contribution in [3.63, 3.8) is 0 Å². The standard InChI is InChI=1S/C22H38O3S/c1-4-5-6-7-8-9-10-11-13-20(2)14-12-19-25-26(23,24)22-17-15-21(3)16-18-22/h15-18,20H,4-14,19H2,1-3H3/t20-/m0/s1. The predicted molar refractivity (Wildman–Crippen MR) is 110 cm³/mol. The Morgan fingerprint density at radius 1 is 0.846 bits per heavy atom. The van der Waals surface area contributed by atoms with Gasteiger partial charge in [-0.1, -0.05) is 89.3 Å². The Balaban J connectivity index is 2.07. The van der Waals surface area contributed by atoms with Crippen molar-refractivity contribution in [1.29, 1.82) is 0 Å². The molecule has 0 unspecified atom stereocenters. The third-order valence-corrected chi connectivity index (χ3v) is 6.27. The molecule has 26 heavy (non-hydrogen) atoms. The summed E-state index contributed by atoms with van der Waals surface area (Å²) in [4.78, 5) is 0.245. The third kappa shape index (κ3) is 10.3. The van der Waals surface area contributed by atoms with E-state index in [1.807, 2.05) is 6.92 Å². The zero-order valence-corrected chi connectivity index (χ0v) is 17.8. The van der Waals surface area contributed by atoms with Crippen LogP contribution in [0.2, 0.25) is 0 Å². The van der Waals surface area contributed by atoms with Crippen molar-refractivity contribution in [3.05, 3.63) is 29.8 Å². The zero-order chi connectivity index (χ0) is 19.3. The molecule has 0 aliphatic rings. The van der Waals surface area contributed by atoms with Gasteiger partial charge in [0.05, 0.1) is 11.5 Å². The van der Waals surface area contributed by atoms with Gasteiger partial charge in [-0.05, 0) is 37.8 Å². The predicted octanol–water partition coefficient (Wildman–Crippen LogP) is 6.65. The van der Waals surface area contributed by atoms with E-state index in [2.05, 4.69) is 13.8 Å². The average Bonchev–Trinajstić information content (AvgIpc) is 2.61. The first-order valence-electron chi connectivity index (χ1n) is 10.4. The van der Waals surface area contributed by atoms with Crippen molar-refractivity contribution in [2.24, 2.45) is 5.92 Å². The van der Waals surface area contributed by atoms with Crippen LogP contribution in [-0.4, -0.2) is 15.0 Å². The maximum Gasteiger partial charge on any atom is 0.296 e. The van der Waals surface area contributed by atoms with Crippen LogP contribution in [0.1, 0.15) is 90.0 Å². The fraction of sp³-hybridized carbons (Fsp3) is 0.727. The van der Waals surface area contributed by atoms with Gasteiger partial charge in [-0.15, -0.1) is 0 Å². The monoisotopic (exact) mass is 382 g/mol. The molecule has 0 radical (unpaired) electrons. The highest BCUT2D eigenvalue weighted by Crippen LogP contribution is 2.18. The van der Waals surface area contributed by atoms with Gasteiger partial charge in [-0.3, -0.25) is 4.18 Å². The van der Waals surface area contributed by atoms with Crippen molar-refractivity contribution in [1.82, 2.24) is 0 Å². The molecule has 0 heterocycles. The smallest absolute Gasteiger partial charge is 0.266 e. The van der Waals surface area contributed by atoms with Gasteiger partial charge in [0.25, 0.3) is 10.1 Å². The summed E-state index contributed by atoms with van der Waals surface area (Å²) in [5.74, 6) is 0.640. The van der Waals surface area contributed by atoms with Crippen LogP contribution in [0.3, 0.4) is 0 Å². The van der Waals surface area contributed by atoms with Gasteiger partial charge in [0.15, 0.2) is 0 Å². The van der Waals surface area contributed by atoms with Gasteiger partial charge in [0.2, 0.25) is 0 Å². The molecule has 3 nitrogen and oxygen atoms in total. The van der Waals surface area contributed by atoms with Crippen LogP contribution < -0.4 is 0 Å². The maximum absolute atomic E-state index is 12.1. The molecule has 0 aromatic heterocycles. The summed E-state index contributed by atoms with van der Waals surface area (Å²) in [7, 11) is -3.61. The normalized spacial score (nSPS) is 13.0. The van der Waals surface area contributed by atoms with Gasteiger partial charge in [0, 0.05) is 0 Å². The minimum Gasteiger partial charge on any atom is -0.266 e. The number of hydrogen-bond acceptors (Lipinski definition) is 3. The van der Waals surface area contributed by atoms with E-state index in [4.69, 9.17) is 4.18 Å². The van der Waals surface area contributed by atoms with Crippen molar-refractivity contribution >= 4 is 10.1 Å². The lowest BCUT2D eigenvalue weighted by atomic mass is 9.97. The van der Waals surface area contributed by atoms with Crippen LogP contribution in [0, 0.1) is 12.8 Å². The highest BCUT2D eigenvalue weighted by Gasteiger charge is 2.14. The molecule has 0 fully saturated rings. The maximum atomic E-state index is 12.1. The lowest BCUT2D eigenvalue weighted by molar-refractivity contribution is 0.293. The molecule has 1 atom stereocenters. The zero-order valence-electron chi connectivity index (χ0n) is 17.0. The fourth-order valence-corrected chi connectivity index (χ4v) is 4.09. The molecular weight excluding hydrogens is 344 g/mol. The Labute approximate surface area is 161 Å². The highest BCUT2D eigenvalue weighted by molar-refractivity contribution is 7.86. The first-order chi connectivity index (χ1) is 12.5. The molecule has 1 aromatic rings. The molecule has 0 spiro atoms. The summed E-state index contributed by atoms with van der Waals surface area (Å²) in [6, 6.07) is 6.80. The molecule has 0 aliphatic carbocycles. The third-order valence-electron chi connectivity index (χ3n) is 4.94. The van der Waals surface area contributed by atoms with Crippen LogP contribution >= 0.6 is 0 Å². The number of unbranched alkanes of at least 4 members (excludes halogenated alkanes) is 7. The Morgan fingerprint density at radius 3 is 2.00 bits per heavy atom. The summed E-state index contributed by atoms with van der Waals surface area (Å²) in [6.45, 7) is 6.73. The summed E-state index contributed by atoms with van der Waals surface area (Å²) >= 11 is 0. The van der Waals surface area contributed by atoms with Crippen molar-refractivity contribution in [3.8, 4) is 0 Å². The van der Waals surface area contributed by atoms with Crippen LogP contribution in [0.25, 0.3) is 0 Å². The minimum absolute atomic E-state index is 0.245. The second kappa shape index (κ2) is 13.3. The van der Waals surface area contributed by atoms with E-state index in [0.29, 0.717) is 5.92 Å². The summed E-state index contributed by atoms with van der Waals surface area (Å²) in [5, 5.41) is 0. The molecule has 0 amide bonds. The average molecular weight is 383 g/mol. The fourth-order valence-electron chi connectivity index (χ4n) is 3.14. The van der Waals surface area contributed by atoms with Crippen molar-refractivity contribution in [2.75, 3.05) is 6.61 Å². The topological polar surface area (TPSA) is 43.4 Å². The number of benzene rings is 1. The van der Waals surface area contributed by atoms with E-state index in [-0.39, 0.29) is 11.5 Å². The van der Waals surface area contributed by atoms with E-state index in [1.165, 1.54) is 57.8 Å². The van der Waals surface area contributed by atoms with Crippen LogP contribution in [0.5, 0.6) is 0 Å². The van der Waals surface area contributed by atoms with Gasteiger partial charge < -0.3 is 0 Å². The van der Waals surface area contributed by atoms with E-state index < -0.39 is 10.1 Å². The number of hydrogen-bond donors (Lipinski definition) is 0. The molecule has 0 N–H and O–H groups in total. The Hall–Kier alpha value is -0.870. The SMILES string of the molecule is CCCCCCCCCC[C@H](C)CCCOS(=O)(=O)c1ccc(C)cc1. The van der Waals surface area contributed by atoms with Gasteiger partial charge in [-0.2, -0.15) is 8.42 Å². The second-order valence-corrected chi connectivity index (χ2v) is 9.22. The Bertz CT molecular complexity index is 564. The van der Waals surface area contributed by atoms with Gasteiger partial charge in [-0.25, -0.2) is 0 Å². The van der Waals surface area contributed by atoms with Gasteiger partial charge >= 0.3 is 0 Å². The quantitative estimate of drug-likeness (QED) is 0.252. The lowest BCUT2D eigenvalue weighted by Crippen LogP contribution is -2.08. The number of rotatable bonds is 15. The lowest BCUT2D eigenvalue weighted by Gasteiger charge is -2.11. The summed E-state index contributed by atoms with van der Waals surface area (Å²) < 4.78 is 29.4. The van der Waals surface area contributed by atoms with Crippen molar-refractivity contribution in [2.45, 2.75) is 96.3 Å². The first kappa shape index (κ1) is 23.2. The van der Waals surface area contributed by atoms with Gasteiger partial charge in [0.1, 0.15) is 0 Å². The largest absolute Gasteiger partial charge is 0.296 e. The minimum atomic E-state index is -3.61. The van der Waals surface area contributed by atoms with Crippen LogP contribution in [0.15, 0.2) is 29.2 Å². The Morgan fingerprint density at radius 2 is 1.38 bits per heavy atom. The molecule has 1 aromatic carbocycles. The van der Waals surface area contributed by atoms with Crippen LogP contribution in [0.4, 0.5) is 0 Å². The highest BCUT2D eigenvalue weighted by atomic mass is 32.2. The molecule has 0 saturated heterocycles. The molecular formula is C22H38O3S. The summed E-state index contributed by atoms with van der Waals surface area (Å²) in [6.07, 6.45) is 13.9. The number of aryl methyl sites for hydroxylation is 1. The van der Waals surface area contributed by atoms with Crippen molar-refractivity contribution < 1.29 is 12.6 Å². The first-order valence-corrected chi connectivity index (χ1v) is 11.8. The van der Waals surface area contributed by atoms with E-state index >= 15 is 0 Å². The van der Waals surface area contributed by atoms with E-state index in [1.54, 1.807) is 24.3 Å². The molecule has 0 bridgehead atoms. The molecule has 1 rings (SSSR count). The molecule has 0 saturated carbocycles. The Kier molecular flexibility index (Phi) is 11.9. The molecule has 0 aliphatic heterocycles. The molecule has 4 heteroatoms. The second-order valence-electron chi connectivity index (χ2n) is 7.60. The van der Waals surface area contributed by atoms with Crippen LogP contribution in [-0.2, 0) is 14.3 Å². The summed E-state index contributed by atoms with van der Waals surface area (Å²) in [5.41, 5.74) is 1.04. The molecule has 150 valence electrons.